The van der Waals surface area contributed by atoms with E-state index in [1.54, 1.807) is 18.2 Å². The normalized spacial score (nSPS) is 32.9. The van der Waals surface area contributed by atoms with E-state index in [0.29, 0.717) is 11.5 Å². The second kappa shape index (κ2) is 7.47. The molecule has 0 bridgehead atoms. The van der Waals surface area contributed by atoms with Gasteiger partial charge in [-0.1, -0.05) is 42.8 Å². The molecule has 1 N–H and O–H groups in total. The van der Waals surface area contributed by atoms with Crippen LogP contribution in [0.25, 0.3) is 0 Å². The van der Waals surface area contributed by atoms with E-state index >= 15 is 0 Å². The molecule has 0 spiro atoms. The molecule has 3 aliphatic rings. The summed E-state index contributed by atoms with van der Waals surface area (Å²) < 4.78 is 5.48. The highest BCUT2D eigenvalue weighted by molar-refractivity contribution is 5.40. The highest BCUT2D eigenvalue weighted by Crippen LogP contribution is 2.61. The molecule has 2 aromatic rings. The molecule has 0 unspecified atom stereocenters. The fraction of sp³-hybridized carbons (Fsp3) is 0.556. The molecule has 0 amide bonds. The summed E-state index contributed by atoms with van der Waals surface area (Å²) in [4.78, 5) is 0. The molecule has 29 heavy (non-hydrogen) atoms. The first-order chi connectivity index (χ1) is 14.1. The lowest BCUT2D eigenvalue weighted by Gasteiger charge is -2.51. The Kier molecular flexibility index (Phi) is 4.94. The van der Waals surface area contributed by atoms with Crippen LogP contribution >= 0.6 is 0 Å². The number of rotatable bonds is 4. The molecule has 2 aromatic carbocycles. The first kappa shape index (κ1) is 19.2. The molecule has 0 aromatic heterocycles. The average Bonchev–Trinajstić information content (AvgIpc) is 3.09. The Hall–Kier alpha value is -1.80. The van der Waals surface area contributed by atoms with Crippen LogP contribution in [0.1, 0.15) is 67.2 Å². The molecule has 0 saturated heterocycles. The Morgan fingerprint density at radius 3 is 2.66 bits per heavy atom. The molecule has 5 rings (SSSR count). The zero-order valence-corrected chi connectivity index (χ0v) is 18.2. The van der Waals surface area contributed by atoms with Gasteiger partial charge >= 0.3 is 0 Å². The lowest BCUT2D eigenvalue weighted by Crippen LogP contribution is -2.48. The highest BCUT2D eigenvalue weighted by Gasteiger charge is 2.54. The minimum atomic E-state index is 0.454. The van der Waals surface area contributed by atoms with Crippen LogP contribution in [-0.2, 0) is 13.0 Å². The number of hydrogen-bond acceptors (Lipinski definition) is 2. The van der Waals surface area contributed by atoms with Crippen LogP contribution in [-0.4, -0.2) is 13.2 Å². The molecule has 3 aliphatic carbocycles. The minimum Gasteiger partial charge on any atom is -0.497 e. The van der Waals surface area contributed by atoms with Crippen LogP contribution in [0.3, 0.4) is 0 Å². The molecular weight excluding hydrogens is 354 g/mol. The summed E-state index contributed by atoms with van der Waals surface area (Å²) in [5.41, 5.74) is 6.38. The largest absolute Gasteiger partial charge is 0.497 e. The van der Waals surface area contributed by atoms with Crippen molar-refractivity contribution in [3.8, 4) is 5.75 Å². The Labute approximate surface area is 176 Å². The molecule has 2 fully saturated rings. The molecule has 0 radical (unpaired) electrons. The number of fused-ring (bicyclic) bond motifs is 5. The van der Waals surface area contributed by atoms with Gasteiger partial charge in [-0.05, 0) is 97.4 Å². The maximum Gasteiger partial charge on any atom is 0.119 e. The molecule has 154 valence electrons. The van der Waals surface area contributed by atoms with Crippen LogP contribution in [0.4, 0.5) is 0 Å². The maximum absolute atomic E-state index is 5.48. The molecule has 0 heterocycles. The molecule has 2 nitrogen and oxygen atoms in total. The van der Waals surface area contributed by atoms with Crippen molar-refractivity contribution in [3.05, 3.63) is 64.7 Å². The third kappa shape index (κ3) is 3.30. The summed E-state index contributed by atoms with van der Waals surface area (Å²) in [5.74, 6) is 3.51. The molecule has 2 saturated carbocycles. The van der Waals surface area contributed by atoms with Crippen molar-refractivity contribution < 1.29 is 4.74 Å². The van der Waals surface area contributed by atoms with Crippen LogP contribution in [0.15, 0.2) is 42.5 Å². The summed E-state index contributed by atoms with van der Waals surface area (Å²) >= 11 is 0. The predicted molar refractivity (Wildman–Crippen MR) is 119 cm³/mol. The molecule has 5 atom stereocenters. The maximum atomic E-state index is 5.48. The van der Waals surface area contributed by atoms with Crippen molar-refractivity contribution in [2.75, 3.05) is 7.11 Å². The van der Waals surface area contributed by atoms with Gasteiger partial charge in [-0.15, -0.1) is 0 Å². The van der Waals surface area contributed by atoms with E-state index in [0.717, 1.165) is 30.0 Å². The van der Waals surface area contributed by atoms with E-state index in [9.17, 15) is 0 Å². The topological polar surface area (TPSA) is 21.3 Å². The van der Waals surface area contributed by atoms with Gasteiger partial charge < -0.3 is 10.1 Å². The Balaban J connectivity index is 1.32. The van der Waals surface area contributed by atoms with E-state index in [1.807, 2.05) is 0 Å². The van der Waals surface area contributed by atoms with Crippen molar-refractivity contribution in [1.82, 2.24) is 5.32 Å². The summed E-state index contributed by atoms with van der Waals surface area (Å²) in [6.07, 6.45) is 8.02. The first-order valence-corrected chi connectivity index (χ1v) is 11.5. The Morgan fingerprint density at radius 2 is 1.86 bits per heavy atom. The van der Waals surface area contributed by atoms with Gasteiger partial charge in [0.15, 0.2) is 0 Å². The first-order valence-electron chi connectivity index (χ1n) is 11.5. The fourth-order valence-electron chi connectivity index (χ4n) is 6.97. The van der Waals surface area contributed by atoms with Crippen molar-refractivity contribution >= 4 is 0 Å². The number of aryl methyl sites for hydroxylation is 2. The lowest BCUT2D eigenvalue weighted by atomic mass is 9.55. The zero-order chi connectivity index (χ0) is 20.0. The summed E-state index contributed by atoms with van der Waals surface area (Å²) in [6.45, 7) is 5.76. The van der Waals surface area contributed by atoms with Gasteiger partial charge in [0.05, 0.1) is 7.11 Å². The van der Waals surface area contributed by atoms with Crippen LogP contribution in [0, 0.1) is 24.2 Å². The SMILES string of the molecule is COc1ccc2c(c1)CC[C@@H]1[C@@H]2CC[C@]2(C)[C@@H](NCc3ccc(C)cc3)CC[C@@H]12. The van der Waals surface area contributed by atoms with E-state index in [-0.39, 0.29) is 0 Å². The standard InChI is InChI=1S/C27H35NO/c1-18-4-6-19(7-5-18)17-28-26-13-12-25-24-10-8-20-16-21(29-3)9-11-22(20)23(24)14-15-27(25,26)2/h4-7,9,11,16,23-26,28H,8,10,12-15,17H2,1-3H3/t23-,24-,25+,26+,27+/m1/s1. The fourth-order valence-corrected chi connectivity index (χ4v) is 6.97. The highest BCUT2D eigenvalue weighted by atomic mass is 16.5. The van der Waals surface area contributed by atoms with E-state index in [4.69, 9.17) is 4.74 Å². The lowest BCUT2D eigenvalue weighted by molar-refractivity contribution is 0.0408. The number of hydrogen-bond donors (Lipinski definition) is 1. The number of benzene rings is 2. The number of methoxy groups -OCH3 is 1. The second-order valence-electron chi connectivity index (χ2n) is 10.0. The third-order valence-corrected chi connectivity index (χ3v) is 8.61. The van der Waals surface area contributed by atoms with Gasteiger partial charge in [0.2, 0.25) is 0 Å². The molecule has 0 aliphatic heterocycles. The Morgan fingerprint density at radius 1 is 1.03 bits per heavy atom. The number of ether oxygens (including phenoxy) is 1. The van der Waals surface area contributed by atoms with Crippen molar-refractivity contribution in [2.24, 2.45) is 17.3 Å². The molecular formula is C27H35NO. The summed E-state index contributed by atoms with van der Waals surface area (Å²) in [7, 11) is 1.78. The van der Waals surface area contributed by atoms with Crippen LogP contribution < -0.4 is 10.1 Å². The van der Waals surface area contributed by atoms with Crippen LogP contribution in [0.2, 0.25) is 0 Å². The van der Waals surface area contributed by atoms with E-state index < -0.39 is 0 Å². The molecule has 2 heteroatoms. The van der Waals surface area contributed by atoms with E-state index in [1.165, 1.54) is 49.7 Å². The number of nitrogens with one attached hydrogen (secondary N) is 1. The van der Waals surface area contributed by atoms with Crippen molar-refractivity contribution in [2.45, 2.75) is 70.9 Å². The minimum absolute atomic E-state index is 0.454. The van der Waals surface area contributed by atoms with Gasteiger partial charge in [-0.3, -0.25) is 0 Å². The van der Waals surface area contributed by atoms with Crippen LogP contribution in [0.5, 0.6) is 5.75 Å². The monoisotopic (exact) mass is 389 g/mol. The summed E-state index contributed by atoms with van der Waals surface area (Å²) in [5, 5.41) is 3.97. The second-order valence-corrected chi connectivity index (χ2v) is 10.0. The average molecular weight is 390 g/mol. The van der Waals surface area contributed by atoms with Gasteiger partial charge in [0.25, 0.3) is 0 Å². The smallest absolute Gasteiger partial charge is 0.119 e. The Bertz CT molecular complexity index is 873. The van der Waals surface area contributed by atoms with Crippen molar-refractivity contribution in [1.29, 1.82) is 0 Å². The third-order valence-electron chi connectivity index (χ3n) is 8.61. The quantitative estimate of drug-likeness (QED) is 0.690. The van der Waals surface area contributed by atoms with Gasteiger partial charge in [-0.2, -0.15) is 0 Å². The predicted octanol–water partition coefficient (Wildman–Crippen LogP) is 6.02. The van der Waals surface area contributed by atoms with Crippen molar-refractivity contribution in [3.63, 3.8) is 0 Å². The van der Waals surface area contributed by atoms with Gasteiger partial charge in [0.1, 0.15) is 5.75 Å². The summed E-state index contributed by atoms with van der Waals surface area (Å²) in [6, 6.07) is 16.5. The zero-order valence-electron chi connectivity index (χ0n) is 18.2. The van der Waals surface area contributed by atoms with Gasteiger partial charge in [-0.25, -0.2) is 0 Å². The van der Waals surface area contributed by atoms with Gasteiger partial charge in [0, 0.05) is 12.6 Å². The van der Waals surface area contributed by atoms with E-state index in [2.05, 4.69) is 61.6 Å².